The van der Waals surface area contributed by atoms with Gasteiger partial charge in [-0.15, -0.1) is 39.4 Å². The summed E-state index contributed by atoms with van der Waals surface area (Å²) in [4.78, 5) is 27.8. The molecule has 3 aromatic heterocycles. The quantitative estimate of drug-likeness (QED) is 0.255. The second-order valence-corrected chi connectivity index (χ2v) is 11.4. The molecule has 34 heavy (non-hydrogen) atoms. The number of allylic oxidation sites excluding steroid dienone is 1. The van der Waals surface area contributed by atoms with Crippen molar-refractivity contribution >= 4 is 51.3 Å². The summed E-state index contributed by atoms with van der Waals surface area (Å²) in [5.74, 6) is 0.430. The van der Waals surface area contributed by atoms with Crippen LogP contribution in [-0.4, -0.2) is 39.5 Å². The second kappa shape index (κ2) is 10.1. The number of nitrogens with zero attached hydrogens (tertiary/aromatic N) is 3. The Morgan fingerprint density at radius 3 is 2.79 bits per heavy atom. The zero-order chi connectivity index (χ0) is 23.7. The molecule has 1 amide bonds. The van der Waals surface area contributed by atoms with E-state index in [1.165, 1.54) is 53.5 Å². The first-order valence-electron chi connectivity index (χ1n) is 11.4. The molecular weight excluding hydrogens is 488 g/mol. The van der Waals surface area contributed by atoms with Crippen molar-refractivity contribution < 1.29 is 14.3 Å². The summed E-state index contributed by atoms with van der Waals surface area (Å²) in [6.45, 7) is 4.46. The number of esters is 1. The van der Waals surface area contributed by atoms with Crippen LogP contribution in [0.5, 0.6) is 0 Å². The van der Waals surface area contributed by atoms with Gasteiger partial charge in [0.1, 0.15) is 5.00 Å². The van der Waals surface area contributed by atoms with Gasteiger partial charge in [-0.3, -0.25) is 9.36 Å². The highest BCUT2D eigenvalue weighted by Gasteiger charge is 2.28. The van der Waals surface area contributed by atoms with E-state index in [0.717, 1.165) is 53.9 Å². The van der Waals surface area contributed by atoms with Gasteiger partial charge in [-0.1, -0.05) is 17.8 Å². The largest absolute Gasteiger partial charge is 0.465 e. The molecule has 178 valence electrons. The smallest absolute Gasteiger partial charge is 0.341 e. The number of thioether (sulfide) groups is 1. The molecular formula is C24H26N4O3S3. The van der Waals surface area contributed by atoms with Gasteiger partial charge in [-0.2, -0.15) is 0 Å². The SMILES string of the molecule is C=CCn1c(SCC(=O)Nc2sc3c(c2C(=O)OC)CCC3)nnc1-c1csc2c1CCCC2. The molecule has 2 aliphatic carbocycles. The molecule has 0 saturated carbocycles. The Bertz CT molecular complexity index is 1260. The number of methoxy groups -OCH3 is 1. The van der Waals surface area contributed by atoms with Gasteiger partial charge in [-0.25, -0.2) is 4.79 Å². The Kier molecular flexibility index (Phi) is 6.89. The lowest BCUT2D eigenvalue weighted by Gasteiger charge is -2.13. The second-order valence-electron chi connectivity index (χ2n) is 8.35. The molecule has 1 N–H and O–H groups in total. The number of ether oxygens (including phenoxy) is 1. The van der Waals surface area contributed by atoms with Crippen LogP contribution in [0.2, 0.25) is 0 Å². The zero-order valence-electron chi connectivity index (χ0n) is 19.0. The molecule has 3 aromatic rings. The number of aromatic nitrogens is 3. The number of thiophene rings is 2. The number of carbonyl (C=O) groups excluding carboxylic acids is 2. The molecule has 0 saturated heterocycles. The number of amides is 1. The van der Waals surface area contributed by atoms with Crippen molar-refractivity contribution in [3.8, 4) is 11.4 Å². The van der Waals surface area contributed by atoms with Crippen LogP contribution < -0.4 is 5.32 Å². The summed E-state index contributed by atoms with van der Waals surface area (Å²) in [6.07, 6.45) is 9.30. The van der Waals surface area contributed by atoms with E-state index in [4.69, 9.17) is 4.74 Å². The number of hydrogen-bond acceptors (Lipinski definition) is 8. The minimum atomic E-state index is -0.392. The molecule has 0 atom stereocenters. The predicted octanol–water partition coefficient (Wildman–Crippen LogP) is 5.14. The molecule has 0 bridgehead atoms. The number of fused-ring (bicyclic) bond motifs is 2. The first kappa shape index (κ1) is 23.3. The maximum Gasteiger partial charge on any atom is 0.341 e. The van der Waals surface area contributed by atoms with Gasteiger partial charge < -0.3 is 10.1 Å². The number of hydrogen-bond donors (Lipinski definition) is 1. The topological polar surface area (TPSA) is 86.1 Å². The lowest BCUT2D eigenvalue weighted by Crippen LogP contribution is -2.16. The minimum Gasteiger partial charge on any atom is -0.465 e. The van der Waals surface area contributed by atoms with Gasteiger partial charge in [0.05, 0.1) is 18.4 Å². The highest BCUT2D eigenvalue weighted by Crippen LogP contribution is 2.40. The van der Waals surface area contributed by atoms with E-state index in [1.54, 1.807) is 11.3 Å². The molecule has 0 spiro atoms. The van der Waals surface area contributed by atoms with Gasteiger partial charge in [-0.05, 0) is 56.1 Å². The van der Waals surface area contributed by atoms with Gasteiger partial charge in [0.15, 0.2) is 11.0 Å². The average Bonchev–Trinajstić information content (AvgIpc) is 3.61. The van der Waals surface area contributed by atoms with Crippen LogP contribution in [0.4, 0.5) is 5.00 Å². The van der Waals surface area contributed by atoms with Crippen LogP contribution in [0.1, 0.15) is 50.5 Å². The Labute approximate surface area is 210 Å². The molecule has 0 aromatic carbocycles. The maximum atomic E-state index is 12.8. The fourth-order valence-electron chi connectivity index (χ4n) is 4.67. The third kappa shape index (κ3) is 4.34. The highest BCUT2D eigenvalue weighted by molar-refractivity contribution is 7.99. The van der Waals surface area contributed by atoms with Crippen LogP contribution in [0.25, 0.3) is 11.4 Å². The van der Waals surface area contributed by atoms with E-state index >= 15 is 0 Å². The van der Waals surface area contributed by atoms with E-state index in [-0.39, 0.29) is 11.7 Å². The third-order valence-electron chi connectivity index (χ3n) is 6.23. The van der Waals surface area contributed by atoms with Crippen molar-refractivity contribution in [2.75, 3.05) is 18.2 Å². The third-order valence-corrected chi connectivity index (χ3v) is 9.49. The van der Waals surface area contributed by atoms with Crippen LogP contribution >= 0.6 is 34.4 Å². The molecule has 10 heteroatoms. The van der Waals surface area contributed by atoms with Gasteiger partial charge in [0, 0.05) is 27.2 Å². The van der Waals surface area contributed by atoms with Crippen molar-refractivity contribution in [1.82, 2.24) is 14.8 Å². The number of carbonyl (C=O) groups is 2. The van der Waals surface area contributed by atoms with E-state index in [9.17, 15) is 9.59 Å². The first-order valence-corrected chi connectivity index (χ1v) is 14.1. The number of rotatable bonds is 8. The van der Waals surface area contributed by atoms with Crippen molar-refractivity contribution in [2.24, 2.45) is 0 Å². The van der Waals surface area contributed by atoms with Gasteiger partial charge in [0.2, 0.25) is 5.91 Å². The fraction of sp³-hybridized carbons (Fsp3) is 0.417. The monoisotopic (exact) mass is 514 g/mol. The molecule has 7 nitrogen and oxygen atoms in total. The Morgan fingerprint density at radius 1 is 1.18 bits per heavy atom. The van der Waals surface area contributed by atoms with Crippen molar-refractivity contribution in [3.63, 3.8) is 0 Å². The summed E-state index contributed by atoms with van der Waals surface area (Å²) in [5, 5.41) is 15.3. The minimum absolute atomic E-state index is 0.167. The van der Waals surface area contributed by atoms with Crippen LogP contribution in [-0.2, 0) is 41.8 Å². The van der Waals surface area contributed by atoms with Gasteiger partial charge >= 0.3 is 5.97 Å². The highest BCUT2D eigenvalue weighted by atomic mass is 32.2. The lowest BCUT2D eigenvalue weighted by molar-refractivity contribution is -0.113. The van der Waals surface area contributed by atoms with E-state index in [1.807, 2.05) is 10.6 Å². The molecule has 3 heterocycles. The van der Waals surface area contributed by atoms with E-state index < -0.39 is 5.97 Å². The predicted molar refractivity (Wildman–Crippen MR) is 137 cm³/mol. The standard InChI is InChI=1S/C24H26N4O3S3/c1-3-11-28-21(16-12-32-17-9-5-4-7-14(16)17)26-27-24(28)33-13-19(29)25-22-20(23(30)31-2)15-8-6-10-18(15)34-22/h3,12H,1,4-11,13H2,2H3,(H,25,29). The summed E-state index contributed by atoms with van der Waals surface area (Å²) in [6, 6.07) is 0. The van der Waals surface area contributed by atoms with Crippen molar-refractivity contribution in [2.45, 2.75) is 56.6 Å². The number of nitrogens with one attached hydrogen (secondary N) is 1. The summed E-state index contributed by atoms with van der Waals surface area (Å²) < 4.78 is 7.00. The Hall–Kier alpha value is -2.43. The molecule has 0 fully saturated rings. The van der Waals surface area contributed by atoms with Gasteiger partial charge in [0.25, 0.3) is 0 Å². The molecule has 0 unspecified atom stereocenters. The number of aryl methyl sites for hydroxylation is 2. The summed E-state index contributed by atoms with van der Waals surface area (Å²) in [7, 11) is 1.37. The van der Waals surface area contributed by atoms with Crippen molar-refractivity contribution in [1.29, 1.82) is 0 Å². The number of anilines is 1. The lowest BCUT2D eigenvalue weighted by atomic mass is 9.95. The average molecular weight is 515 g/mol. The van der Waals surface area contributed by atoms with Crippen LogP contribution in [0.15, 0.2) is 23.2 Å². The molecule has 0 aliphatic heterocycles. The van der Waals surface area contributed by atoms with Crippen LogP contribution in [0, 0.1) is 0 Å². The first-order chi connectivity index (χ1) is 16.6. The van der Waals surface area contributed by atoms with Crippen LogP contribution in [0.3, 0.4) is 0 Å². The molecule has 0 radical (unpaired) electrons. The fourth-order valence-corrected chi connectivity index (χ4v) is 7.84. The summed E-state index contributed by atoms with van der Waals surface area (Å²) >= 11 is 4.63. The Morgan fingerprint density at radius 2 is 1.97 bits per heavy atom. The van der Waals surface area contributed by atoms with Crippen molar-refractivity contribution in [3.05, 3.63) is 44.5 Å². The van der Waals surface area contributed by atoms with E-state index in [2.05, 4.69) is 27.5 Å². The normalized spacial score (nSPS) is 14.5. The summed E-state index contributed by atoms with van der Waals surface area (Å²) in [5.41, 5.74) is 4.08. The molecule has 2 aliphatic rings. The Balaban J connectivity index is 1.32. The molecule has 5 rings (SSSR count). The van der Waals surface area contributed by atoms with E-state index in [0.29, 0.717) is 22.3 Å². The maximum absolute atomic E-state index is 12.8. The zero-order valence-corrected chi connectivity index (χ0v) is 21.5.